The summed E-state index contributed by atoms with van der Waals surface area (Å²) in [4.78, 5) is 29.0. The standard InChI is InChI=1S/C25H29N3O2S/c1-16-8-10-19(11-9-16)26-24(29)22-15-27-20-12-13-31-23(20)14-21(27)25(30)28(22)17(2)18-6-4-3-5-7-18/h3-7,12-14,16-17,19,22H,8-11,15H2,1-2H3,(H,26,29). The molecule has 1 aromatic carbocycles. The molecular weight excluding hydrogens is 406 g/mol. The first kappa shape index (κ1) is 20.3. The van der Waals surface area contributed by atoms with Crippen LogP contribution in [0.2, 0.25) is 0 Å². The summed E-state index contributed by atoms with van der Waals surface area (Å²) in [5.74, 6) is 0.634. The number of fused-ring (bicyclic) bond motifs is 3. The molecule has 2 aromatic heterocycles. The monoisotopic (exact) mass is 435 g/mol. The van der Waals surface area contributed by atoms with Crippen molar-refractivity contribution >= 4 is 33.4 Å². The van der Waals surface area contributed by atoms with Crippen LogP contribution in [-0.4, -0.2) is 33.4 Å². The maximum Gasteiger partial charge on any atom is 0.271 e. The van der Waals surface area contributed by atoms with E-state index >= 15 is 0 Å². The van der Waals surface area contributed by atoms with E-state index in [0.29, 0.717) is 12.2 Å². The molecule has 2 unspecified atom stereocenters. The molecule has 1 fully saturated rings. The van der Waals surface area contributed by atoms with Crippen molar-refractivity contribution in [2.75, 3.05) is 0 Å². The van der Waals surface area contributed by atoms with Gasteiger partial charge in [-0.25, -0.2) is 0 Å². The molecule has 3 aromatic rings. The van der Waals surface area contributed by atoms with Crippen molar-refractivity contribution in [3.63, 3.8) is 0 Å². The van der Waals surface area contributed by atoms with Crippen LogP contribution in [0.4, 0.5) is 0 Å². The van der Waals surface area contributed by atoms with E-state index in [4.69, 9.17) is 0 Å². The zero-order valence-electron chi connectivity index (χ0n) is 18.1. The molecule has 0 saturated heterocycles. The van der Waals surface area contributed by atoms with Gasteiger partial charge in [0.15, 0.2) is 0 Å². The topological polar surface area (TPSA) is 54.3 Å². The van der Waals surface area contributed by atoms with Gasteiger partial charge >= 0.3 is 0 Å². The van der Waals surface area contributed by atoms with Crippen molar-refractivity contribution < 1.29 is 9.59 Å². The first-order chi connectivity index (χ1) is 15.0. The van der Waals surface area contributed by atoms with Crippen LogP contribution in [0.25, 0.3) is 10.2 Å². The summed E-state index contributed by atoms with van der Waals surface area (Å²) in [6.45, 7) is 4.80. The molecule has 1 aliphatic heterocycles. The van der Waals surface area contributed by atoms with Crippen molar-refractivity contribution in [1.29, 1.82) is 0 Å². The lowest BCUT2D eigenvalue weighted by molar-refractivity contribution is -0.128. The van der Waals surface area contributed by atoms with Gasteiger partial charge in [0.2, 0.25) is 5.91 Å². The Morgan fingerprint density at radius 2 is 1.87 bits per heavy atom. The molecule has 2 aliphatic rings. The number of rotatable bonds is 4. The Kier molecular flexibility index (Phi) is 5.34. The Morgan fingerprint density at radius 1 is 1.13 bits per heavy atom. The number of aromatic nitrogens is 1. The Hall–Kier alpha value is -2.60. The fourth-order valence-electron chi connectivity index (χ4n) is 5.13. The molecule has 0 radical (unpaired) electrons. The molecule has 1 N–H and O–H groups in total. The van der Waals surface area contributed by atoms with Gasteiger partial charge in [-0.2, -0.15) is 0 Å². The van der Waals surface area contributed by atoms with Crippen molar-refractivity contribution in [2.45, 2.75) is 64.2 Å². The van der Waals surface area contributed by atoms with E-state index in [9.17, 15) is 9.59 Å². The predicted molar refractivity (Wildman–Crippen MR) is 124 cm³/mol. The van der Waals surface area contributed by atoms with Crippen LogP contribution in [0.1, 0.15) is 61.6 Å². The number of amides is 2. The van der Waals surface area contributed by atoms with Crippen molar-refractivity contribution in [2.24, 2.45) is 5.92 Å². The average Bonchev–Trinajstić information content (AvgIpc) is 3.37. The van der Waals surface area contributed by atoms with Gasteiger partial charge in [-0.15, -0.1) is 11.3 Å². The number of nitrogens with zero attached hydrogens (tertiary/aromatic N) is 2. The Balaban J connectivity index is 1.48. The highest BCUT2D eigenvalue weighted by Crippen LogP contribution is 2.34. The molecule has 31 heavy (non-hydrogen) atoms. The quantitative estimate of drug-likeness (QED) is 0.628. The van der Waals surface area contributed by atoms with Gasteiger partial charge in [-0.1, -0.05) is 37.3 Å². The fraction of sp³-hybridized carbons (Fsp3) is 0.440. The van der Waals surface area contributed by atoms with Crippen LogP contribution >= 0.6 is 11.3 Å². The van der Waals surface area contributed by atoms with Crippen LogP contribution < -0.4 is 5.32 Å². The lowest BCUT2D eigenvalue weighted by Crippen LogP contribution is -2.57. The molecule has 3 heterocycles. The number of benzene rings is 1. The number of hydrogen-bond acceptors (Lipinski definition) is 3. The minimum atomic E-state index is -0.523. The predicted octanol–water partition coefficient (Wildman–Crippen LogP) is 4.98. The highest BCUT2D eigenvalue weighted by Gasteiger charge is 2.41. The second kappa shape index (κ2) is 8.15. The summed E-state index contributed by atoms with van der Waals surface area (Å²) in [6.07, 6.45) is 4.34. The lowest BCUT2D eigenvalue weighted by atomic mass is 9.87. The third-order valence-corrected chi connectivity index (χ3v) is 7.88. The van der Waals surface area contributed by atoms with Crippen LogP contribution in [0, 0.1) is 5.92 Å². The van der Waals surface area contributed by atoms with E-state index in [-0.39, 0.29) is 23.9 Å². The first-order valence-corrected chi connectivity index (χ1v) is 12.2. The first-order valence-electron chi connectivity index (χ1n) is 11.3. The van der Waals surface area contributed by atoms with Crippen LogP contribution in [0.3, 0.4) is 0 Å². The molecule has 0 spiro atoms. The number of thiophene rings is 1. The summed E-state index contributed by atoms with van der Waals surface area (Å²) in [5.41, 5.74) is 2.77. The average molecular weight is 436 g/mol. The summed E-state index contributed by atoms with van der Waals surface area (Å²) in [7, 11) is 0. The third-order valence-electron chi connectivity index (χ3n) is 7.03. The molecule has 5 rings (SSSR count). The molecule has 5 nitrogen and oxygen atoms in total. The van der Waals surface area contributed by atoms with Crippen LogP contribution in [-0.2, 0) is 11.3 Å². The second-order valence-electron chi connectivity index (χ2n) is 9.09. The Labute approximate surface area is 187 Å². The van der Waals surface area contributed by atoms with E-state index in [0.717, 1.165) is 47.4 Å². The lowest BCUT2D eigenvalue weighted by Gasteiger charge is -2.40. The van der Waals surface area contributed by atoms with Gasteiger partial charge in [-0.05, 0) is 61.6 Å². The van der Waals surface area contributed by atoms with Crippen LogP contribution in [0.15, 0.2) is 47.8 Å². The Morgan fingerprint density at radius 3 is 2.61 bits per heavy atom. The molecule has 162 valence electrons. The van der Waals surface area contributed by atoms with Crippen molar-refractivity contribution in [3.05, 3.63) is 59.1 Å². The molecule has 2 amide bonds. The molecule has 6 heteroatoms. The van der Waals surface area contributed by atoms with E-state index in [1.165, 1.54) is 0 Å². The third kappa shape index (κ3) is 3.67. The molecule has 0 bridgehead atoms. The van der Waals surface area contributed by atoms with Crippen LogP contribution in [0.5, 0.6) is 0 Å². The van der Waals surface area contributed by atoms with E-state index in [2.05, 4.69) is 12.2 Å². The summed E-state index contributed by atoms with van der Waals surface area (Å²) < 4.78 is 3.13. The number of carbonyl (C=O) groups is 2. The maximum atomic E-state index is 13.7. The van der Waals surface area contributed by atoms with Gasteiger partial charge in [0, 0.05) is 6.04 Å². The summed E-state index contributed by atoms with van der Waals surface area (Å²) in [5, 5.41) is 5.33. The smallest absolute Gasteiger partial charge is 0.271 e. The maximum absolute atomic E-state index is 13.7. The minimum absolute atomic E-state index is 0.0292. The molecule has 1 saturated carbocycles. The SMILES string of the molecule is CC1CCC(NC(=O)C2Cn3c(cc4sccc43)C(=O)N2C(C)c2ccccc2)CC1. The zero-order valence-corrected chi connectivity index (χ0v) is 18.9. The summed E-state index contributed by atoms with van der Waals surface area (Å²) >= 11 is 1.64. The van der Waals surface area contributed by atoms with Gasteiger partial charge in [0.05, 0.1) is 22.8 Å². The summed E-state index contributed by atoms with van der Waals surface area (Å²) in [6, 6.07) is 13.5. The second-order valence-corrected chi connectivity index (χ2v) is 10.0. The number of nitrogens with one attached hydrogen (secondary N) is 1. The van der Waals surface area contributed by atoms with Gasteiger partial charge in [0.25, 0.3) is 5.91 Å². The van der Waals surface area contributed by atoms with E-state index in [1.54, 1.807) is 16.2 Å². The highest BCUT2D eigenvalue weighted by molar-refractivity contribution is 7.17. The molecule has 1 aliphatic carbocycles. The van der Waals surface area contributed by atoms with Crippen molar-refractivity contribution in [1.82, 2.24) is 14.8 Å². The molecular formula is C25H29N3O2S. The normalized spacial score (nSPS) is 24.8. The zero-order chi connectivity index (χ0) is 21.5. The van der Waals surface area contributed by atoms with Gasteiger partial charge in [0.1, 0.15) is 11.7 Å². The highest BCUT2D eigenvalue weighted by atomic mass is 32.1. The Bertz CT molecular complexity index is 1090. The number of hydrogen-bond donors (Lipinski definition) is 1. The van der Waals surface area contributed by atoms with Crippen molar-refractivity contribution in [3.8, 4) is 0 Å². The van der Waals surface area contributed by atoms with Gasteiger partial charge < -0.3 is 14.8 Å². The fourth-order valence-corrected chi connectivity index (χ4v) is 5.96. The van der Waals surface area contributed by atoms with E-state index in [1.807, 2.05) is 59.3 Å². The number of carbonyl (C=O) groups excluding carboxylic acids is 2. The minimum Gasteiger partial charge on any atom is -0.352 e. The van der Waals surface area contributed by atoms with E-state index < -0.39 is 6.04 Å². The van der Waals surface area contributed by atoms with Gasteiger partial charge in [-0.3, -0.25) is 9.59 Å². The largest absolute Gasteiger partial charge is 0.352 e. The molecule has 2 atom stereocenters.